The highest BCUT2D eigenvalue weighted by atomic mass is 19.1. The average Bonchev–Trinajstić information content (AvgIpc) is 2.89. The molecule has 1 aliphatic carbocycles. The molecule has 2 amide bonds. The molecule has 1 saturated carbocycles. The molecular formula is C30H40FN5O4. The highest BCUT2D eigenvalue weighted by Gasteiger charge is 2.29. The van der Waals surface area contributed by atoms with E-state index in [1.807, 2.05) is 6.92 Å². The highest BCUT2D eigenvalue weighted by Crippen LogP contribution is 2.25. The maximum atomic E-state index is 13.5. The monoisotopic (exact) mass is 553 g/mol. The Kier molecular flexibility index (Phi) is 10.7. The van der Waals surface area contributed by atoms with Crippen LogP contribution >= 0.6 is 0 Å². The van der Waals surface area contributed by atoms with E-state index >= 15 is 0 Å². The van der Waals surface area contributed by atoms with E-state index in [1.165, 1.54) is 17.0 Å². The van der Waals surface area contributed by atoms with Crippen molar-refractivity contribution < 1.29 is 23.5 Å². The van der Waals surface area contributed by atoms with Gasteiger partial charge in [0.15, 0.2) is 0 Å². The van der Waals surface area contributed by atoms with Crippen LogP contribution in [0.5, 0.6) is 5.88 Å². The van der Waals surface area contributed by atoms with Gasteiger partial charge in [0.1, 0.15) is 23.0 Å². The first kappa shape index (κ1) is 30.7. The zero-order valence-corrected chi connectivity index (χ0v) is 24.2. The summed E-state index contributed by atoms with van der Waals surface area (Å²) >= 11 is 0. The summed E-state index contributed by atoms with van der Waals surface area (Å²) in [6.45, 7) is 9.52. The number of ether oxygens (including phenoxy) is 2. The van der Waals surface area contributed by atoms with Gasteiger partial charge in [0, 0.05) is 24.7 Å². The third kappa shape index (κ3) is 9.40. The van der Waals surface area contributed by atoms with E-state index in [9.17, 15) is 14.0 Å². The van der Waals surface area contributed by atoms with Crippen LogP contribution in [0.1, 0.15) is 72.3 Å². The van der Waals surface area contributed by atoms with Crippen molar-refractivity contribution in [2.75, 3.05) is 19.0 Å². The third-order valence-corrected chi connectivity index (χ3v) is 6.35. The first-order chi connectivity index (χ1) is 18.9. The van der Waals surface area contributed by atoms with Crippen LogP contribution in [-0.2, 0) is 9.53 Å². The van der Waals surface area contributed by atoms with E-state index in [4.69, 9.17) is 9.47 Å². The Morgan fingerprint density at radius 1 is 1.27 bits per heavy atom. The molecule has 1 aromatic carbocycles. The topological polar surface area (TPSA) is 106 Å². The van der Waals surface area contributed by atoms with Gasteiger partial charge >= 0.3 is 6.09 Å². The summed E-state index contributed by atoms with van der Waals surface area (Å²) in [5, 5.41) is 6.07. The fourth-order valence-electron chi connectivity index (χ4n) is 4.14. The molecule has 1 aliphatic rings. The van der Waals surface area contributed by atoms with Crippen LogP contribution in [0, 0.1) is 23.6 Å². The van der Waals surface area contributed by atoms with E-state index in [-0.39, 0.29) is 29.6 Å². The van der Waals surface area contributed by atoms with Crippen LogP contribution in [0.3, 0.4) is 0 Å². The Morgan fingerprint density at radius 3 is 2.75 bits per heavy atom. The molecule has 9 nitrogen and oxygen atoms in total. The van der Waals surface area contributed by atoms with Crippen molar-refractivity contribution in [1.82, 2.24) is 20.2 Å². The Balaban J connectivity index is 1.64. The molecule has 3 rings (SSSR count). The molecule has 0 spiro atoms. The molecule has 0 saturated heterocycles. The molecule has 0 unspecified atom stereocenters. The highest BCUT2D eigenvalue weighted by molar-refractivity contribution is 5.85. The van der Waals surface area contributed by atoms with Gasteiger partial charge in [-0.15, -0.1) is 0 Å². The van der Waals surface area contributed by atoms with Crippen molar-refractivity contribution in [3.8, 4) is 17.7 Å². The normalized spacial score (nSPS) is 17.6. The van der Waals surface area contributed by atoms with Crippen LogP contribution in [0.4, 0.5) is 20.8 Å². The maximum Gasteiger partial charge on any atom is 0.410 e. The van der Waals surface area contributed by atoms with Crippen molar-refractivity contribution in [3.63, 3.8) is 0 Å². The minimum Gasteiger partial charge on any atom is -0.477 e. The summed E-state index contributed by atoms with van der Waals surface area (Å²) in [7, 11) is 1.56. The fourth-order valence-corrected chi connectivity index (χ4v) is 4.14. The molecule has 1 fully saturated rings. The number of anilines is 2. The lowest BCUT2D eigenvalue weighted by Crippen LogP contribution is -2.50. The molecule has 0 radical (unpaired) electrons. The van der Waals surface area contributed by atoms with Gasteiger partial charge in [0.25, 0.3) is 0 Å². The lowest BCUT2D eigenvalue weighted by Gasteiger charge is -2.31. The number of nitrogens with zero attached hydrogens (tertiary/aromatic N) is 3. The van der Waals surface area contributed by atoms with E-state index in [0.29, 0.717) is 30.2 Å². The number of amides is 2. The van der Waals surface area contributed by atoms with Crippen molar-refractivity contribution in [2.45, 2.75) is 84.4 Å². The largest absolute Gasteiger partial charge is 0.477 e. The number of hydrogen-bond donors (Lipinski definition) is 2. The molecule has 3 atom stereocenters. The summed E-state index contributed by atoms with van der Waals surface area (Å²) in [5.41, 5.74) is 0.459. The number of benzene rings is 1. The van der Waals surface area contributed by atoms with Gasteiger partial charge in [0.05, 0.1) is 12.8 Å². The Hall–Kier alpha value is -3.87. The van der Waals surface area contributed by atoms with E-state index in [1.54, 1.807) is 53.1 Å². The lowest BCUT2D eigenvalue weighted by molar-refractivity contribution is -0.126. The molecule has 216 valence electrons. The second-order valence-electron chi connectivity index (χ2n) is 11.0. The van der Waals surface area contributed by atoms with Crippen molar-refractivity contribution in [2.24, 2.45) is 5.92 Å². The van der Waals surface area contributed by atoms with Gasteiger partial charge < -0.3 is 20.1 Å². The smallest absolute Gasteiger partial charge is 0.410 e. The zero-order chi connectivity index (χ0) is 29.3. The molecule has 40 heavy (non-hydrogen) atoms. The molecule has 1 heterocycles. The first-order valence-corrected chi connectivity index (χ1v) is 13.7. The Labute approximate surface area is 236 Å². The van der Waals surface area contributed by atoms with E-state index < -0.39 is 17.7 Å². The molecule has 2 N–H and O–H groups in total. The fraction of sp³-hybridized carbons (Fsp3) is 0.533. The van der Waals surface area contributed by atoms with Crippen molar-refractivity contribution in [3.05, 3.63) is 41.8 Å². The molecule has 2 aromatic rings. The minimum absolute atomic E-state index is 0.0417. The van der Waals surface area contributed by atoms with Crippen molar-refractivity contribution >= 4 is 23.6 Å². The average molecular weight is 554 g/mol. The standard InChI is InChI=1S/C30H40FN5O4/c1-7-16-39-27-22(19-32-28(35-27)34-25-13-9-11-23(31)18-25)15-14-21-10-8-12-24(17-21)33-26(37)20(2)36(6)29(38)40-30(3,4)5/h9,11,13,18-21,24H,7-8,10,12,16-17H2,1-6H3,(H,33,37)(H,32,34,35)/t20-,21-,24-/m0/s1. The molecular weight excluding hydrogens is 513 g/mol. The summed E-state index contributed by atoms with van der Waals surface area (Å²) in [5.74, 6) is 6.62. The zero-order valence-electron chi connectivity index (χ0n) is 24.2. The number of aromatic nitrogens is 2. The van der Waals surface area contributed by atoms with Gasteiger partial charge in [-0.3, -0.25) is 9.69 Å². The number of carbonyl (C=O) groups is 2. The van der Waals surface area contributed by atoms with Crippen LogP contribution in [0.25, 0.3) is 0 Å². The van der Waals surface area contributed by atoms with Gasteiger partial charge in [-0.1, -0.05) is 31.3 Å². The second-order valence-corrected chi connectivity index (χ2v) is 11.0. The number of rotatable bonds is 8. The van der Waals surface area contributed by atoms with Gasteiger partial charge in [0.2, 0.25) is 17.7 Å². The molecule has 0 bridgehead atoms. The number of likely N-dealkylation sites (N-methyl/N-ethyl adjacent to an activating group) is 1. The predicted octanol–water partition coefficient (Wildman–Crippen LogP) is 5.43. The number of hydrogen-bond acceptors (Lipinski definition) is 7. The number of halogens is 1. The summed E-state index contributed by atoms with van der Waals surface area (Å²) in [4.78, 5) is 35.3. The Bertz CT molecular complexity index is 1240. The molecule has 1 aromatic heterocycles. The van der Waals surface area contributed by atoms with Crippen LogP contribution in [-0.4, -0.2) is 58.2 Å². The van der Waals surface area contributed by atoms with Gasteiger partial charge in [-0.2, -0.15) is 4.98 Å². The predicted molar refractivity (Wildman–Crippen MR) is 152 cm³/mol. The SMILES string of the molecule is CCCOc1nc(Nc2cccc(F)c2)ncc1C#C[C@@H]1CCC[C@H](NC(=O)[C@H](C)N(C)C(=O)OC(C)(C)C)C1. The number of carbonyl (C=O) groups excluding carboxylic acids is 2. The lowest BCUT2D eigenvalue weighted by atomic mass is 9.86. The van der Waals surface area contributed by atoms with Gasteiger partial charge in [-0.25, -0.2) is 14.2 Å². The molecule has 0 aliphatic heterocycles. The summed E-state index contributed by atoms with van der Waals surface area (Å²) < 4.78 is 24.8. The Morgan fingerprint density at radius 2 is 2.05 bits per heavy atom. The first-order valence-electron chi connectivity index (χ1n) is 13.7. The van der Waals surface area contributed by atoms with E-state index in [0.717, 1.165) is 25.7 Å². The van der Waals surface area contributed by atoms with Gasteiger partial charge in [-0.05, 0) is 71.6 Å². The summed E-state index contributed by atoms with van der Waals surface area (Å²) in [6, 6.07) is 5.34. The molecule has 10 heteroatoms. The van der Waals surface area contributed by atoms with E-state index in [2.05, 4.69) is 32.4 Å². The van der Waals surface area contributed by atoms with Crippen LogP contribution < -0.4 is 15.4 Å². The quantitative estimate of drug-likeness (QED) is 0.420. The van der Waals surface area contributed by atoms with Crippen molar-refractivity contribution in [1.29, 1.82) is 0 Å². The summed E-state index contributed by atoms with van der Waals surface area (Å²) in [6.07, 6.45) is 5.25. The second kappa shape index (κ2) is 14.0. The maximum absolute atomic E-state index is 13.5. The van der Waals surface area contributed by atoms with Crippen LogP contribution in [0.2, 0.25) is 0 Å². The number of nitrogens with one attached hydrogen (secondary N) is 2. The minimum atomic E-state index is -0.670. The van der Waals surface area contributed by atoms with Crippen LogP contribution in [0.15, 0.2) is 30.5 Å². The third-order valence-electron chi connectivity index (χ3n) is 6.35.